The molecular weight excluding hydrogens is 304 g/mol. The van der Waals surface area contributed by atoms with Crippen LogP contribution in [0, 0.1) is 5.41 Å². The molecule has 1 aliphatic heterocycles. The normalized spacial score (nSPS) is 17.5. The van der Waals surface area contributed by atoms with Gasteiger partial charge in [-0.2, -0.15) is 0 Å². The van der Waals surface area contributed by atoms with E-state index in [0.717, 1.165) is 25.0 Å². The molecule has 0 spiro atoms. The minimum absolute atomic E-state index is 0.00709. The monoisotopic (exact) mass is 334 g/mol. The summed E-state index contributed by atoms with van der Waals surface area (Å²) < 4.78 is 10.9. The fourth-order valence-corrected chi connectivity index (χ4v) is 3.20. The Bertz CT molecular complexity index is 558. The molecule has 5 nitrogen and oxygen atoms in total. The highest BCUT2D eigenvalue weighted by molar-refractivity contribution is 5.68. The Kier molecular flexibility index (Phi) is 5.75. The van der Waals surface area contributed by atoms with Crippen molar-refractivity contribution < 1.29 is 14.3 Å². The third-order valence-corrected chi connectivity index (χ3v) is 4.67. The molecule has 134 valence electrons. The summed E-state index contributed by atoms with van der Waals surface area (Å²) in [5.74, 6) is 0.903. The van der Waals surface area contributed by atoms with Gasteiger partial charge in [0, 0.05) is 13.1 Å². The van der Waals surface area contributed by atoms with Crippen molar-refractivity contribution in [2.75, 3.05) is 26.7 Å². The summed E-state index contributed by atoms with van der Waals surface area (Å²) in [6, 6.07) is 8.08. The second-order valence-electron chi connectivity index (χ2n) is 7.66. The molecule has 0 radical (unpaired) electrons. The van der Waals surface area contributed by atoms with Crippen molar-refractivity contribution >= 4 is 6.09 Å². The number of likely N-dealkylation sites (tertiary alicyclic amines) is 1. The number of hydrogen-bond acceptors (Lipinski definition) is 4. The van der Waals surface area contributed by atoms with Crippen molar-refractivity contribution in [2.45, 2.75) is 45.6 Å². The van der Waals surface area contributed by atoms with Crippen LogP contribution >= 0.6 is 0 Å². The zero-order chi connectivity index (χ0) is 17.8. The maximum absolute atomic E-state index is 12.2. The minimum Gasteiger partial charge on any atom is -0.496 e. The lowest BCUT2D eigenvalue weighted by molar-refractivity contribution is 0.0108. The number of carbonyl (C=O) groups excluding carboxylic acids is 1. The molecule has 0 saturated carbocycles. The number of methoxy groups -OCH3 is 1. The van der Waals surface area contributed by atoms with Gasteiger partial charge in [0.1, 0.15) is 11.4 Å². The molecule has 2 rings (SSSR count). The smallest absolute Gasteiger partial charge is 0.410 e. The molecule has 1 amide bonds. The van der Waals surface area contributed by atoms with Crippen molar-refractivity contribution in [3.05, 3.63) is 29.8 Å². The fourth-order valence-electron chi connectivity index (χ4n) is 3.20. The number of piperidine rings is 1. The number of amides is 1. The Labute approximate surface area is 145 Å². The van der Waals surface area contributed by atoms with Gasteiger partial charge in [-0.3, -0.25) is 0 Å². The molecule has 1 heterocycles. The number of hydrogen-bond donors (Lipinski definition) is 1. The number of carbonyl (C=O) groups is 1. The number of nitrogens with two attached hydrogens (primary N) is 1. The van der Waals surface area contributed by atoms with Crippen LogP contribution in [0.4, 0.5) is 4.79 Å². The SMILES string of the molecule is COc1ccccc1CC1(CN)CCN(C(=O)OC(C)(C)C)CC1. The molecule has 0 atom stereocenters. The predicted molar refractivity (Wildman–Crippen MR) is 95.2 cm³/mol. The largest absolute Gasteiger partial charge is 0.496 e. The molecule has 0 aromatic heterocycles. The third kappa shape index (κ3) is 4.63. The summed E-state index contributed by atoms with van der Waals surface area (Å²) >= 11 is 0. The van der Waals surface area contributed by atoms with Crippen molar-refractivity contribution in [2.24, 2.45) is 11.1 Å². The Morgan fingerprint density at radius 1 is 1.25 bits per heavy atom. The zero-order valence-corrected chi connectivity index (χ0v) is 15.3. The van der Waals surface area contributed by atoms with Crippen LogP contribution < -0.4 is 10.5 Å². The van der Waals surface area contributed by atoms with E-state index in [1.807, 2.05) is 39.0 Å². The molecule has 0 aliphatic carbocycles. The topological polar surface area (TPSA) is 64.8 Å². The van der Waals surface area contributed by atoms with Gasteiger partial charge in [0.2, 0.25) is 0 Å². The number of rotatable bonds is 4. The highest BCUT2D eigenvalue weighted by Gasteiger charge is 2.36. The van der Waals surface area contributed by atoms with Gasteiger partial charge in [-0.25, -0.2) is 4.79 Å². The highest BCUT2D eigenvalue weighted by atomic mass is 16.6. The summed E-state index contributed by atoms with van der Waals surface area (Å²) in [6.07, 6.45) is 2.39. The van der Waals surface area contributed by atoms with Gasteiger partial charge in [-0.05, 0) is 63.6 Å². The molecule has 1 saturated heterocycles. The predicted octanol–water partition coefficient (Wildman–Crippen LogP) is 3.21. The van der Waals surface area contributed by atoms with E-state index < -0.39 is 5.60 Å². The minimum atomic E-state index is -0.461. The van der Waals surface area contributed by atoms with Gasteiger partial charge in [0.05, 0.1) is 7.11 Å². The van der Waals surface area contributed by atoms with Crippen molar-refractivity contribution in [3.8, 4) is 5.75 Å². The van der Waals surface area contributed by atoms with E-state index in [1.54, 1.807) is 12.0 Å². The summed E-state index contributed by atoms with van der Waals surface area (Å²) in [5, 5.41) is 0. The molecule has 5 heteroatoms. The first-order valence-corrected chi connectivity index (χ1v) is 8.58. The fraction of sp³-hybridized carbons (Fsp3) is 0.632. The van der Waals surface area contributed by atoms with Crippen LogP contribution in [-0.2, 0) is 11.2 Å². The first-order valence-electron chi connectivity index (χ1n) is 8.58. The Morgan fingerprint density at radius 3 is 2.42 bits per heavy atom. The van der Waals surface area contributed by atoms with Crippen LogP contribution in [0.25, 0.3) is 0 Å². The molecule has 0 unspecified atom stereocenters. The van der Waals surface area contributed by atoms with Crippen LogP contribution in [0.15, 0.2) is 24.3 Å². The summed E-state index contributed by atoms with van der Waals surface area (Å²) in [7, 11) is 1.69. The van der Waals surface area contributed by atoms with Gasteiger partial charge in [-0.15, -0.1) is 0 Å². The average molecular weight is 334 g/mol. The van der Waals surface area contributed by atoms with E-state index in [-0.39, 0.29) is 11.5 Å². The lowest BCUT2D eigenvalue weighted by atomic mass is 9.73. The number of ether oxygens (including phenoxy) is 2. The van der Waals surface area contributed by atoms with E-state index in [4.69, 9.17) is 15.2 Å². The van der Waals surface area contributed by atoms with Gasteiger partial charge < -0.3 is 20.1 Å². The van der Waals surface area contributed by atoms with Gasteiger partial charge in [-0.1, -0.05) is 18.2 Å². The maximum atomic E-state index is 12.2. The number of benzene rings is 1. The third-order valence-electron chi connectivity index (χ3n) is 4.67. The lowest BCUT2D eigenvalue weighted by Crippen LogP contribution is -2.48. The Balaban J connectivity index is 2.02. The molecule has 1 aromatic rings. The molecule has 1 fully saturated rings. The van der Waals surface area contributed by atoms with E-state index in [0.29, 0.717) is 19.6 Å². The first-order chi connectivity index (χ1) is 11.3. The quantitative estimate of drug-likeness (QED) is 0.918. The second kappa shape index (κ2) is 7.43. The van der Waals surface area contributed by atoms with E-state index >= 15 is 0 Å². The van der Waals surface area contributed by atoms with Gasteiger partial charge in [0.25, 0.3) is 0 Å². The average Bonchev–Trinajstić information content (AvgIpc) is 2.54. The number of para-hydroxylation sites is 1. The van der Waals surface area contributed by atoms with E-state index in [9.17, 15) is 4.79 Å². The summed E-state index contributed by atoms with van der Waals surface area (Å²) in [4.78, 5) is 14.0. The molecule has 24 heavy (non-hydrogen) atoms. The molecule has 1 aliphatic rings. The van der Waals surface area contributed by atoms with Crippen LogP contribution in [0.3, 0.4) is 0 Å². The molecule has 2 N–H and O–H groups in total. The highest BCUT2D eigenvalue weighted by Crippen LogP contribution is 2.36. The van der Waals surface area contributed by atoms with Crippen LogP contribution in [0.2, 0.25) is 0 Å². The van der Waals surface area contributed by atoms with Gasteiger partial charge >= 0.3 is 6.09 Å². The maximum Gasteiger partial charge on any atom is 0.410 e. The van der Waals surface area contributed by atoms with Crippen molar-refractivity contribution in [1.29, 1.82) is 0 Å². The summed E-state index contributed by atoms with van der Waals surface area (Å²) in [5.41, 5.74) is 6.85. The standard InChI is InChI=1S/C19H30N2O3/c1-18(2,3)24-17(22)21-11-9-19(14-20,10-12-21)13-15-7-5-6-8-16(15)23-4/h5-8H,9-14,20H2,1-4H3. The Morgan fingerprint density at radius 2 is 1.88 bits per heavy atom. The van der Waals surface area contributed by atoms with Gasteiger partial charge in [0.15, 0.2) is 0 Å². The first kappa shape index (κ1) is 18.6. The van der Waals surface area contributed by atoms with Crippen molar-refractivity contribution in [3.63, 3.8) is 0 Å². The summed E-state index contributed by atoms with van der Waals surface area (Å²) in [6.45, 7) is 7.64. The van der Waals surface area contributed by atoms with Crippen molar-refractivity contribution in [1.82, 2.24) is 4.90 Å². The van der Waals surface area contributed by atoms with Crippen LogP contribution in [-0.4, -0.2) is 43.3 Å². The lowest BCUT2D eigenvalue weighted by Gasteiger charge is -2.41. The Hall–Kier alpha value is -1.75. The van der Waals surface area contributed by atoms with Crippen LogP contribution in [0.1, 0.15) is 39.2 Å². The van der Waals surface area contributed by atoms with E-state index in [1.165, 1.54) is 5.56 Å². The zero-order valence-electron chi connectivity index (χ0n) is 15.3. The van der Waals surface area contributed by atoms with Crippen LogP contribution in [0.5, 0.6) is 5.75 Å². The van der Waals surface area contributed by atoms with E-state index in [2.05, 4.69) is 6.07 Å². The number of nitrogens with zero attached hydrogens (tertiary/aromatic N) is 1. The molecule has 1 aromatic carbocycles. The second-order valence-corrected chi connectivity index (χ2v) is 7.66. The molecular formula is C19H30N2O3. The molecule has 0 bridgehead atoms.